The Balaban J connectivity index is 0.000000407. The summed E-state index contributed by atoms with van der Waals surface area (Å²) in [7, 11) is 0. The van der Waals surface area contributed by atoms with Crippen LogP contribution in [0.5, 0.6) is 11.5 Å². The van der Waals surface area contributed by atoms with Gasteiger partial charge >= 0.3 is 0 Å². The molecule has 0 aliphatic rings. The van der Waals surface area contributed by atoms with Gasteiger partial charge in [0.1, 0.15) is 11.5 Å². The maximum atomic E-state index is 9.82. The Labute approximate surface area is 136 Å². The first-order chi connectivity index (χ1) is 11.0. The topological polar surface area (TPSA) is 92.8 Å². The zero-order valence-electron chi connectivity index (χ0n) is 13.2. The van der Waals surface area contributed by atoms with Gasteiger partial charge < -0.3 is 20.7 Å². The SMILES string of the molecule is C=C(C)C(N)=O.OCCO.c1ccc(Oc2ccccc2)cc1. The average Bonchev–Trinajstić information content (AvgIpc) is 2.57. The highest BCUT2D eigenvalue weighted by atomic mass is 16.5. The molecule has 0 saturated carbocycles. The largest absolute Gasteiger partial charge is 0.457 e. The molecule has 2 aromatic rings. The molecule has 0 radical (unpaired) electrons. The predicted molar refractivity (Wildman–Crippen MR) is 91.1 cm³/mol. The van der Waals surface area contributed by atoms with Gasteiger partial charge in [-0.1, -0.05) is 43.0 Å². The second-order valence-electron chi connectivity index (χ2n) is 4.32. The van der Waals surface area contributed by atoms with Gasteiger partial charge in [0.25, 0.3) is 0 Å². The number of nitrogens with two attached hydrogens (primary N) is 1. The van der Waals surface area contributed by atoms with Crippen molar-refractivity contribution in [2.24, 2.45) is 5.73 Å². The molecule has 0 atom stereocenters. The zero-order chi connectivity index (χ0) is 17.5. The van der Waals surface area contributed by atoms with E-state index in [9.17, 15) is 4.79 Å². The van der Waals surface area contributed by atoms with Crippen molar-refractivity contribution >= 4 is 5.91 Å². The molecule has 4 N–H and O–H groups in total. The van der Waals surface area contributed by atoms with Gasteiger partial charge in [0, 0.05) is 5.57 Å². The minimum absolute atomic E-state index is 0.125. The maximum absolute atomic E-state index is 9.82. The third-order valence-electron chi connectivity index (χ3n) is 2.24. The van der Waals surface area contributed by atoms with Crippen LogP contribution in [0.2, 0.25) is 0 Å². The van der Waals surface area contributed by atoms with Crippen molar-refractivity contribution in [1.29, 1.82) is 0 Å². The molecule has 2 aromatic carbocycles. The normalized spacial score (nSPS) is 8.65. The first-order valence-electron chi connectivity index (χ1n) is 6.96. The number of rotatable bonds is 4. The molecule has 0 aliphatic carbocycles. The van der Waals surface area contributed by atoms with E-state index in [1.807, 2.05) is 60.7 Å². The summed E-state index contributed by atoms with van der Waals surface area (Å²) in [4.78, 5) is 9.82. The van der Waals surface area contributed by atoms with E-state index >= 15 is 0 Å². The smallest absolute Gasteiger partial charge is 0.243 e. The number of amides is 1. The van der Waals surface area contributed by atoms with Crippen LogP contribution in [0.4, 0.5) is 0 Å². The van der Waals surface area contributed by atoms with Crippen LogP contribution < -0.4 is 10.5 Å². The van der Waals surface area contributed by atoms with E-state index in [0.717, 1.165) is 11.5 Å². The van der Waals surface area contributed by atoms with Crippen LogP contribution >= 0.6 is 0 Å². The van der Waals surface area contributed by atoms with Crippen molar-refractivity contribution in [3.05, 3.63) is 72.8 Å². The fourth-order valence-electron chi connectivity index (χ4n) is 1.11. The van der Waals surface area contributed by atoms with E-state index in [1.54, 1.807) is 6.92 Å². The molecule has 0 fully saturated rings. The minimum atomic E-state index is -0.435. The summed E-state index contributed by atoms with van der Waals surface area (Å²) in [6.07, 6.45) is 0. The Morgan fingerprint density at radius 1 is 0.957 bits per heavy atom. The molecule has 0 bridgehead atoms. The number of aliphatic hydroxyl groups excluding tert-OH is 2. The van der Waals surface area contributed by atoms with Crippen molar-refractivity contribution in [3.8, 4) is 11.5 Å². The first kappa shape index (κ1) is 20.4. The van der Waals surface area contributed by atoms with Gasteiger partial charge in [-0.2, -0.15) is 0 Å². The highest BCUT2D eigenvalue weighted by molar-refractivity contribution is 5.90. The summed E-state index contributed by atoms with van der Waals surface area (Å²) in [5, 5.41) is 15.2. The number of benzene rings is 2. The Hall–Kier alpha value is -2.63. The number of hydrogen-bond acceptors (Lipinski definition) is 4. The Kier molecular flexibility index (Phi) is 11.6. The summed E-state index contributed by atoms with van der Waals surface area (Å²) in [6.45, 7) is 4.60. The van der Waals surface area contributed by atoms with Crippen LogP contribution in [0.3, 0.4) is 0 Å². The van der Waals surface area contributed by atoms with Crippen molar-refractivity contribution in [3.63, 3.8) is 0 Å². The molecule has 1 amide bonds. The van der Waals surface area contributed by atoms with E-state index in [-0.39, 0.29) is 13.2 Å². The van der Waals surface area contributed by atoms with Crippen LogP contribution in [0.25, 0.3) is 0 Å². The number of hydrogen-bond donors (Lipinski definition) is 3. The molecular weight excluding hydrogens is 294 g/mol. The molecule has 5 heteroatoms. The molecule has 23 heavy (non-hydrogen) atoms. The summed E-state index contributed by atoms with van der Waals surface area (Å²) >= 11 is 0. The first-order valence-corrected chi connectivity index (χ1v) is 6.96. The lowest BCUT2D eigenvalue weighted by atomic mass is 10.3. The molecular formula is C18H23NO4. The second-order valence-corrected chi connectivity index (χ2v) is 4.32. The third kappa shape index (κ3) is 11.7. The molecule has 0 spiro atoms. The second kappa shape index (κ2) is 13.1. The third-order valence-corrected chi connectivity index (χ3v) is 2.24. The molecule has 0 aliphatic heterocycles. The fourth-order valence-corrected chi connectivity index (χ4v) is 1.11. The highest BCUT2D eigenvalue weighted by Crippen LogP contribution is 2.19. The van der Waals surface area contributed by atoms with Gasteiger partial charge in [-0.3, -0.25) is 4.79 Å². The van der Waals surface area contributed by atoms with Crippen LogP contribution in [-0.2, 0) is 4.79 Å². The summed E-state index contributed by atoms with van der Waals surface area (Å²) in [5.41, 5.74) is 5.09. The zero-order valence-corrected chi connectivity index (χ0v) is 13.2. The van der Waals surface area contributed by atoms with Crippen molar-refractivity contribution < 1.29 is 19.7 Å². The molecule has 0 heterocycles. The van der Waals surface area contributed by atoms with E-state index in [1.165, 1.54) is 0 Å². The number of ether oxygens (including phenoxy) is 1. The van der Waals surface area contributed by atoms with Crippen LogP contribution in [0.15, 0.2) is 72.8 Å². The lowest BCUT2D eigenvalue weighted by molar-refractivity contribution is -0.114. The maximum Gasteiger partial charge on any atom is 0.243 e. The Morgan fingerprint density at radius 2 is 1.26 bits per heavy atom. The monoisotopic (exact) mass is 317 g/mol. The number of para-hydroxylation sites is 2. The number of carbonyl (C=O) groups is 1. The van der Waals surface area contributed by atoms with Gasteiger partial charge in [-0.15, -0.1) is 0 Å². The summed E-state index contributed by atoms with van der Waals surface area (Å²) < 4.78 is 5.58. The summed E-state index contributed by atoms with van der Waals surface area (Å²) in [6, 6.07) is 19.5. The van der Waals surface area contributed by atoms with Crippen molar-refractivity contribution in [2.45, 2.75) is 6.92 Å². The van der Waals surface area contributed by atoms with Crippen molar-refractivity contribution in [1.82, 2.24) is 0 Å². The fraction of sp³-hybridized carbons (Fsp3) is 0.167. The van der Waals surface area contributed by atoms with Crippen LogP contribution in [0.1, 0.15) is 6.92 Å². The number of carbonyl (C=O) groups excluding carboxylic acids is 1. The molecule has 0 saturated heterocycles. The van der Waals surface area contributed by atoms with Gasteiger partial charge in [0.2, 0.25) is 5.91 Å². The van der Waals surface area contributed by atoms with Crippen molar-refractivity contribution in [2.75, 3.05) is 13.2 Å². The average molecular weight is 317 g/mol. The lowest BCUT2D eigenvalue weighted by Crippen LogP contribution is -2.10. The van der Waals surface area contributed by atoms with E-state index in [0.29, 0.717) is 5.57 Å². The van der Waals surface area contributed by atoms with E-state index < -0.39 is 5.91 Å². The number of primary amides is 1. The Bertz CT molecular complexity index is 504. The quantitative estimate of drug-likeness (QED) is 0.755. The van der Waals surface area contributed by atoms with Gasteiger partial charge in [0.15, 0.2) is 0 Å². The molecule has 2 rings (SSSR count). The van der Waals surface area contributed by atoms with Gasteiger partial charge in [-0.05, 0) is 31.2 Å². The molecule has 5 nitrogen and oxygen atoms in total. The standard InChI is InChI=1S/C12H10O.C4H7NO.C2H6O2/c1-3-7-11(8-4-1)13-12-9-5-2-6-10-12;1-3(2)4(5)6;3-1-2-4/h1-10H;1H2,2H3,(H2,5,6);3-4H,1-2H2. The van der Waals surface area contributed by atoms with Crippen LogP contribution in [-0.4, -0.2) is 29.3 Å². The predicted octanol–water partition coefficient (Wildman–Crippen LogP) is 2.50. The lowest BCUT2D eigenvalue weighted by Gasteiger charge is -2.03. The van der Waals surface area contributed by atoms with Crippen LogP contribution in [0, 0.1) is 0 Å². The molecule has 124 valence electrons. The molecule has 0 aromatic heterocycles. The highest BCUT2D eigenvalue weighted by Gasteiger charge is 1.92. The molecule has 0 unspecified atom stereocenters. The van der Waals surface area contributed by atoms with E-state index in [4.69, 9.17) is 20.7 Å². The van der Waals surface area contributed by atoms with Gasteiger partial charge in [0.05, 0.1) is 13.2 Å². The summed E-state index contributed by atoms with van der Waals surface area (Å²) in [5.74, 6) is 1.30. The Morgan fingerprint density at radius 3 is 1.48 bits per heavy atom. The number of aliphatic hydroxyl groups is 2. The van der Waals surface area contributed by atoms with E-state index in [2.05, 4.69) is 6.58 Å². The van der Waals surface area contributed by atoms with Gasteiger partial charge in [-0.25, -0.2) is 0 Å². The minimum Gasteiger partial charge on any atom is -0.457 e.